The van der Waals surface area contributed by atoms with Crippen LogP contribution in [-0.4, -0.2) is 24.5 Å². The summed E-state index contributed by atoms with van der Waals surface area (Å²) in [5.41, 5.74) is 2.96. The van der Waals surface area contributed by atoms with Crippen molar-refractivity contribution in [3.8, 4) is 0 Å². The summed E-state index contributed by atoms with van der Waals surface area (Å²) in [6.45, 7) is 6.72. The Bertz CT molecular complexity index is 549. The molecule has 0 fully saturated rings. The normalized spacial score (nSPS) is 16.6. The van der Waals surface area contributed by atoms with Crippen molar-refractivity contribution < 1.29 is 0 Å². The summed E-state index contributed by atoms with van der Waals surface area (Å²) >= 11 is 1.92. The highest BCUT2D eigenvalue weighted by Crippen LogP contribution is 2.25. The second kappa shape index (κ2) is 7.21. The van der Waals surface area contributed by atoms with Crippen LogP contribution in [0.4, 0.5) is 0 Å². The number of hydrogen-bond acceptors (Lipinski definition) is 3. The topological polar surface area (TPSA) is 15.3 Å². The molecule has 0 saturated carbocycles. The molecule has 0 amide bonds. The lowest BCUT2D eigenvalue weighted by Gasteiger charge is -2.29. The Balaban J connectivity index is 1.58. The van der Waals surface area contributed by atoms with Crippen molar-refractivity contribution >= 4 is 11.3 Å². The summed E-state index contributed by atoms with van der Waals surface area (Å²) in [6, 6.07) is 13.6. The molecule has 1 N–H and O–H groups in total. The van der Waals surface area contributed by atoms with Gasteiger partial charge in [-0.2, -0.15) is 0 Å². The number of fused-ring (bicyclic) bond motifs is 1. The predicted octanol–water partition coefficient (Wildman–Crippen LogP) is 3.85. The predicted molar refractivity (Wildman–Crippen MR) is 90.8 cm³/mol. The van der Waals surface area contributed by atoms with Crippen LogP contribution in [0.3, 0.4) is 0 Å². The van der Waals surface area contributed by atoms with Crippen LogP contribution in [0.2, 0.25) is 0 Å². The van der Waals surface area contributed by atoms with Crippen LogP contribution in [0, 0.1) is 0 Å². The zero-order valence-corrected chi connectivity index (χ0v) is 13.5. The molecule has 0 aliphatic carbocycles. The fraction of sp³-hybridized carbons (Fsp3) is 0.444. The van der Waals surface area contributed by atoms with E-state index < -0.39 is 0 Å². The van der Waals surface area contributed by atoms with Gasteiger partial charge in [-0.3, -0.25) is 4.90 Å². The van der Waals surface area contributed by atoms with Crippen LogP contribution in [0.5, 0.6) is 0 Å². The Morgan fingerprint density at radius 3 is 2.90 bits per heavy atom. The molecule has 1 aliphatic heterocycles. The SMILES string of the molecule is CCNC(CCN1CCc2sccc2C1)c1ccccc1. The lowest BCUT2D eigenvalue weighted by Crippen LogP contribution is -2.33. The maximum absolute atomic E-state index is 3.63. The van der Waals surface area contributed by atoms with Crippen molar-refractivity contribution in [2.24, 2.45) is 0 Å². The van der Waals surface area contributed by atoms with Crippen molar-refractivity contribution in [3.63, 3.8) is 0 Å². The van der Waals surface area contributed by atoms with Crippen molar-refractivity contribution in [1.82, 2.24) is 10.2 Å². The van der Waals surface area contributed by atoms with Gasteiger partial charge in [-0.15, -0.1) is 11.3 Å². The third-order valence-corrected chi connectivity index (χ3v) is 5.30. The van der Waals surface area contributed by atoms with Crippen molar-refractivity contribution in [1.29, 1.82) is 0 Å². The second-order valence-corrected chi connectivity index (χ2v) is 6.71. The van der Waals surface area contributed by atoms with Gasteiger partial charge in [-0.25, -0.2) is 0 Å². The Kier molecular flexibility index (Phi) is 5.07. The molecule has 0 bridgehead atoms. The van der Waals surface area contributed by atoms with E-state index in [1.165, 1.54) is 31.5 Å². The largest absolute Gasteiger partial charge is 0.310 e. The van der Waals surface area contributed by atoms with Gasteiger partial charge < -0.3 is 5.32 Å². The zero-order chi connectivity index (χ0) is 14.5. The molecule has 1 aromatic carbocycles. The van der Waals surface area contributed by atoms with Gasteiger partial charge in [-0.05, 0) is 42.0 Å². The monoisotopic (exact) mass is 300 g/mol. The van der Waals surface area contributed by atoms with E-state index in [2.05, 4.69) is 58.9 Å². The minimum atomic E-state index is 0.472. The van der Waals surface area contributed by atoms with E-state index in [4.69, 9.17) is 0 Å². The molecule has 2 heterocycles. The van der Waals surface area contributed by atoms with Crippen LogP contribution in [0.15, 0.2) is 41.8 Å². The first-order valence-electron chi connectivity index (χ1n) is 7.92. The maximum Gasteiger partial charge on any atom is 0.0332 e. The summed E-state index contributed by atoms with van der Waals surface area (Å²) in [5.74, 6) is 0. The molecule has 21 heavy (non-hydrogen) atoms. The van der Waals surface area contributed by atoms with E-state index in [1.807, 2.05) is 11.3 Å². The van der Waals surface area contributed by atoms with E-state index in [-0.39, 0.29) is 0 Å². The summed E-state index contributed by atoms with van der Waals surface area (Å²) < 4.78 is 0. The lowest BCUT2D eigenvalue weighted by atomic mass is 10.0. The van der Waals surface area contributed by atoms with Crippen LogP contribution in [-0.2, 0) is 13.0 Å². The van der Waals surface area contributed by atoms with Crippen LogP contribution < -0.4 is 5.32 Å². The molecule has 3 rings (SSSR count). The summed E-state index contributed by atoms with van der Waals surface area (Å²) in [5, 5.41) is 5.86. The average Bonchev–Trinajstić information content (AvgIpc) is 3.00. The Morgan fingerprint density at radius 2 is 2.10 bits per heavy atom. The van der Waals surface area contributed by atoms with Crippen molar-refractivity contribution in [2.75, 3.05) is 19.6 Å². The minimum absolute atomic E-state index is 0.472. The molecule has 2 aromatic rings. The van der Waals surface area contributed by atoms with E-state index in [9.17, 15) is 0 Å². The second-order valence-electron chi connectivity index (χ2n) is 5.70. The zero-order valence-electron chi connectivity index (χ0n) is 12.7. The smallest absolute Gasteiger partial charge is 0.0332 e. The van der Waals surface area contributed by atoms with Crippen LogP contribution in [0.1, 0.15) is 35.4 Å². The molecule has 0 radical (unpaired) electrons. The minimum Gasteiger partial charge on any atom is -0.310 e. The molecule has 3 heteroatoms. The molecule has 112 valence electrons. The summed E-state index contributed by atoms with van der Waals surface area (Å²) in [4.78, 5) is 4.19. The first-order valence-corrected chi connectivity index (χ1v) is 8.80. The van der Waals surface area contributed by atoms with E-state index >= 15 is 0 Å². The summed E-state index contributed by atoms with van der Waals surface area (Å²) in [6.07, 6.45) is 2.40. The van der Waals surface area contributed by atoms with Gasteiger partial charge in [-0.1, -0.05) is 37.3 Å². The highest BCUT2D eigenvalue weighted by molar-refractivity contribution is 7.10. The average molecular weight is 300 g/mol. The van der Waals surface area contributed by atoms with Crippen molar-refractivity contribution in [2.45, 2.75) is 32.4 Å². The first-order chi connectivity index (χ1) is 10.4. The number of thiophene rings is 1. The van der Waals surface area contributed by atoms with Gasteiger partial charge in [0.15, 0.2) is 0 Å². The standard InChI is InChI=1S/C18H24N2S/c1-2-19-17(15-6-4-3-5-7-15)8-11-20-12-9-18-16(14-20)10-13-21-18/h3-7,10,13,17,19H,2,8-9,11-12,14H2,1H3. The number of nitrogens with zero attached hydrogens (tertiary/aromatic N) is 1. The van der Waals surface area contributed by atoms with Gasteiger partial charge in [0.2, 0.25) is 0 Å². The molecule has 1 atom stereocenters. The Hall–Kier alpha value is -1.16. The van der Waals surface area contributed by atoms with Gasteiger partial charge in [0.1, 0.15) is 0 Å². The third kappa shape index (κ3) is 3.73. The Morgan fingerprint density at radius 1 is 1.24 bits per heavy atom. The number of benzene rings is 1. The molecular weight excluding hydrogens is 276 g/mol. The molecule has 2 nitrogen and oxygen atoms in total. The number of hydrogen-bond donors (Lipinski definition) is 1. The van der Waals surface area contributed by atoms with Crippen molar-refractivity contribution in [3.05, 3.63) is 57.8 Å². The number of rotatable bonds is 6. The van der Waals surface area contributed by atoms with E-state index in [0.717, 1.165) is 13.1 Å². The fourth-order valence-corrected chi connectivity index (χ4v) is 4.02. The summed E-state index contributed by atoms with van der Waals surface area (Å²) in [7, 11) is 0. The maximum atomic E-state index is 3.63. The molecule has 0 spiro atoms. The highest BCUT2D eigenvalue weighted by atomic mass is 32.1. The first kappa shape index (κ1) is 14.8. The molecular formula is C18H24N2S. The Labute approximate surface area is 131 Å². The van der Waals surface area contributed by atoms with E-state index in [1.54, 1.807) is 10.4 Å². The van der Waals surface area contributed by atoms with Gasteiger partial charge in [0, 0.05) is 30.6 Å². The highest BCUT2D eigenvalue weighted by Gasteiger charge is 2.18. The quantitative estimate of drug-likeness (QED) is 0.872. The molecule has 1 unspecified atom stereocenters. The van der Waals surface area contributed by atoms with E-state index in [0.29, 0.717) is 6.04 Å². The van der Waals surface area contributed by atoms with Gasteiger partial charge in [0.05, 0.1) is 0 Å². The van der Waals surface area contributed by atoms with Crippen LogP contribution in [0.25, 0.3) is 0 Å². The van der Waals surface area contributed by atoms with Gasteiger partial charge in [0.25, 0.3) is 0 Å². The molecule has 1 aromatic heterocycles. The molecule has 1 aliphatic rings. The number of nitrogens with one attached hydrogen (secondary N) is 1. The third-order valence-electron chi connectivity index (χ3n) is 4.27. The molecule has 0 saturated heterocycles. The van der Waals surface area contributed by atoms with Gasteiger partial charge >= 0.3 is 0 Å². The fourth-order valence-electron chi connectivity index (χ4n) is 3.13. The lowest BCUT2D eigenvalue weighted by molar-refractivity contribution is 0.241. The van der Waals surface area contributed by atoms with Crippen LogP contribution >= 0.6 is 11.3 Å².